The highest BCUT2D eigenvalue weighted by Gasteiger charge is 2.21. The maximum Gasteiger partial charge on any atom is 0.250 e. The highest BCUT2D eigenvalue weighted by atomic mass is 16.5. The van der Waals surface area contributed by atoms with E-state index < -0.39 is 0 Å². The lowest BCUT2D eigenvalue weighted by atomic mass is 10.1. The number of amides is 1. The molecule has 1 heterocycles. The largest absolute Gasteiger partial charge is 0.377 e. The Morgan fingerprint density at radius 2 is 2.24 bits per heavy atom. The molecule has 1 amide bonds. The average molecular weight is 292 g/mol. The van der Waals surface area contributed by atoms with E-state index in [0.717, 1.165) is 30.7 Å². The minimum atomic E-state index is -0.387. The van der Waals surface area contributed by atoms with Gasteiger partial charge in [-0.1, -0.05) is 31.2 Å². The Hall–Kier alpha value is -1.43. The zero-order valence-electron chi connectivity index (χ0n) is 12.6. The fourth-order valence-electron chi connectivity index (χ4n) is 2.23. The van der Waals surface area contributed by atoms with E-state index in [1.807, 2.05) is 24.3 Å². The van der Waals surface area contributed by atoms with Crippen LogP contribution in [0, 0.1) is 0 Å². The lowest BCUT2D eigenvalue weighted by molar-refractivity contribution is -0.134. The quantitative estimate of drug-likeness (QED) is 0.742. The van der Waals surface area contributed by atoms with Gasteiger partial charge in [0, 0.05) is 26.2 Å². The van der Waals surface area contributed by atoms with Gasteiger partial charge in [-0.2, -0.15) is 0 Å². The smallest absolute Gasteiger partial charge is 0.250 e. The summed E-state index contributed by atoms with van der Waals surface area (Å²) < 4.78 is 11.0. The van der Waals surface area contributed by atoms with Gasteiger partial charge in [0.1, 0.15) is 6.10 Å². The number of hydrogen-bond acceptors (Lipinski definition) is 4. The molecule has 1 atom stereocenters. The molecule has 1 aromatic rings. The number of morpholine rings is 1. The van der Waals surface area contributed by atoms with Crippen molar-refractivity contribution in [3.8, 4) is 0 Å². The summed E-state index contributed by atoms with van der Waals surface area (Å²) in [6.45, 7) is 5.90. The van der Waals surface area contributed by atoms with Gasteiger partial charge in [0.25, 0.3) is 5.91 Å². The Kier molecular flexibility index (Phi) is 6.66. The zero-order chi connectivity index (χ0) is 14.9. The van der Waals surface area contributed by atoms with Crippen molar-refractivity contribution in [2.45, 2.75) is 32.6 Å². The molecule has 5 heteroatoms. The van der Waals surface area contributed by atoms with Gasteiger partial charge in [0.15, 0.2) is 0 Å². The number of carbonyl (C=O) groups excluding carboxylic acids is 1. The van der Waals surface area contributed by atoms with Crippen molar-refractivity contribution < 1.29 is 14.3 Å². The first kappa shape index (κ1) is 15.9. The topological polar surface area (TPSA) is 59.6 Å². The third kappa shape index (κ3) is 5.12. The Morgan fingerprint density at radius 1 is 1.43 bits per heavy atom. The highest BCUT2D eigenvalue weighted by Crippen LogP contribution is 2.10. The van der Waals surface area contributed by atoms with E-state index in [4.69, 9.17) is 9.47 Å². The van der Waals surface area contributed by atoms with Crippen LogP contribution in [0.2, 0.25) is 0 Å². The minimum absolute atomic E-state index is 0.0634. The first-order valence-electron chi connectivity index (χ1n) is 7.55. The van der Waals surface area contributed by atoms with E-state index in [2.05, 4.69) is 17.6 Å². The summed E-state index contributed by atoms with van der Waals surface area (Å²) in [7, 11) is 0. The molecule has 0 spiro atoms. The number of nitrogens with one attached hydrogen (secondary N) is 2. The number of benzene rings is 1. The molecule has 2 N–H and O–H groups in total. The summed E-state index contributed by atoms with van der Waals surface area (Å²) in [5.41, 5.74) is 2.21. The Morgan fingerprint density at radius 3 is 2.95 bits per heavy atom. The van der Waals surface area contributed by atoms with Gasteiger partial charge in [0.05, 0.1) is 13.2 Å². The fourth-order valence-corrected chi connectivity index (χ4v) is 2.23. The van der Waals surface area contributed by atoms with Crippen molar-refractivity contribution in [3.63, 3.8) is 0 Å². The molecule has 116 valence electrons. The molecule has 5 nitrogen and oxygen atoms in total. The number of carbonyl (C=O) groups is 1. The minimum Gasteiger partial charge on any atom is -0.377 e. The van der Waals surface area contributed by atoms with Crippen molar-refractivity contribution in [3.05, 3.63) is 35.4 Å². The van der Waals surface area contributed by atoms with Crippen molar-refractivity contribution in [1.29, 1.82) is 0 Å². The van der Waals surface area contributed by atoms with Crippen LogP contribution in [0.15, 0.2) is 24.3 Å². The summed E-state index contributed by atoms with van der Waals surface area (Å²) in [6.07, 6.45) is 0.618. The van der Waals surface area contributed by atoms with Crippen LogP contribution in [0.4, 0.5) is 0 Å². The van der Waals surface area contributed by atoms with Crippen molar-refractivity contribution >= 4 is 5.91 Å². The number of ether oxygens (including phenoxy) is 2. The van der Waals surface area contributed by atoms with Gasteiger partial charge < -0.3 is 20.1 Å². The predicted molar refractivity (Wildman–Crippen MR) is 80.8 cm³/mol. The third-order valence-corrected chi connectivity index (χ3v) is 3.40. The van der Waals surface area contributed by atoms with Gasteiger partial charge in [-0.25, -0.2) is 0 Å². The van der Waals surface area contributed by atoms with Crippen LogP contribution in [-0.4, -0.2) is 38.3 Å². The molecule has 1 aliphatic heterocycles. The number of hydrogen-bond donors (Lipinski definition) is 2. The molecule has 2 rings (SSSR count). The second kappa shape index (κ2) is 8.77. The van der Waals surface area contributed by atoms with Crippen LogP contribution in [0.1, 0.15) is 24.5 Å². The van der Waals surface area contributed by atoms with E-state index in [1.165, 1.54) is 0 Å². The molecule has 0 radical (unpaired) electrons. The molecular formula is C16H24N2O3. The molecule has 0 saturated carbocycles. The molecule has 1 aliphatic rings. The van der Waals surface area contributed by atoms with E-state index in [-0.39, 0.29) is 12.0 Å². The van der Waals surface area contributed by atoms with Crippen molar-refractivity contribution in [2.24, 2.45) is 0 Å². The van der Waals surface area contributed by atoms with Crippen LogP contribution < -0.4 is 10.6 Å². The van der Waals surface area contributed by atoms with E-state index in [1.54, 1.807) is 0 Å². The van der Waals surface area contributed by atoms with Gasteiger partial charge in [-0.05, 0) is 17.5 Å². The molecule has 21 heavy (non-hydrogen) atoms. The maximum absolute atomic E-state index is 12.0. The van der Waals surface area contributed by atoms with Crippen LogP contribution >= 0.6 is 0 Å². The summed E-state index contributed by atoms with van der Waals surface area (Å²) in [4.78, 5) is 12.0. The lowest BCUT2D eigenvalue weighted by Crippen LogP contribution is -2.47. The Bertz CT molecular complexity index is 445. The first-order chi connectivity index (χ1) is 10.3. The van der Waals surface area contributed by atoms with Crippen LogP contribution in [0.25, 0.3) is 0 Å². The number of rotatable bonds is 7. The molecular weight excluding hydrogens is 268 g/mol. The maximum atomic E-state index is 12.0. The van der Waals surface area contributed by atoms with Crippen LogP contribution in [-0.2, 0) is 27.4 Å². The van der Waals surface area contributed by atoms with Gasteiger partial charge in [0.2, 0.25) is 0 Å². The lowest BCUT2D eigenvalue weighted by Gasteiger charge is -2.23. The third-order valence-electron chi connectivity index (χ3n) is 3.40. The average Bonchev–Trinajstić information content (AvgIpc) is 2.54. The van der Waals surface area contributed by atoms with Gasteiger partial charge in [-0.3, -0.25) is 4.79 Å². The molecule has 1 aromatic carbocycles. The Balaban J connectivity index is 1.85. The summed E-state index contributed by atoms with van der Waals surface area (Å²) in [5.74, 6) is -0.0634. The van der Waals surface area contributed by atoms with E-state index >= 15 is 0 Å². The van der Waals surface area contributed by atoms with Crippen LogP contribution in [0.3, 0.4) is 0 Å². The van der Waals surface area contributed by atoms with E-state index in [0.29, 0.717) is 26.3 Å². The monoisotopic (exact) mass is 292 g/mol. The van der Waals surface area contributed by atoms with E-state index in [9.17, 15) is 4.79 Å². The molecule has 0 bridgehead atoms. The normalized spacial score (nSPS) is 18.4. The zero-order valence-corrected chi connectivity index (χ0v) is 12.6. The molecule has 1 fully saturated rings. The second-order valence-electron chi connectivity index (χ2n) is 5.10. The molecule has 0 aliphatic carbocycles. The highest BCUT2D eigenvalue weighted by molar-refractivity contribution is 5.81. The van der Waals surface area contributed by atoms with Crippen LogP contribution in [0.5, 0.6) is 0 Å². The standard InChI is InChI=1S/C16H24N2O3/c1-2-8-20-12-14-6-4-3-5-13(14)10-18-16(19)15-11-17-7-9-21-15/h3-6,15,17H,2,7-12H2,1H3,(H,18,19). The molecule has 0 aromatic heterocycles. The SMILES string of the molecule is CCCOCc1ccccc1CNC(=O)C1CNCCO1. The molecule has 1 saturated heterocycles. The van der Waals surface area contributed by atoms with Crippen molar-refractivity contribution in [2.75, 3.05) is 26.3 Å². The second-order valence-corrected chi connectivity index (χ2v) is 5.10. The van der Waals surface area contributed by atoms with Crippen molar-refractivity contribution in [1.82, 2.24) is 10.6 Å². The summed E-state index contributed by atoms with van der Waals surface area (Å²) >= 11 is 0. The Labute approximate surface area is 126 Å². The molecule has 1 unspecified atom stereocenters. The summed E-state index contributed by atoms with van der Waals surface area (Å²) in [6, 6.07) is 8.02. The summed E-state index contributed by atoms with van der Waals surface area (Å²) in [5, 5.41) is 6.09. The van der Waals surface area contributed by atoms with Gasteiger partial charge >= 0.3 is 0 Å². The first-order valence-corrected chi connectivity index (χ1v) is 7.55. The predicted octanol–water partition coefficient (Wildman–Crippen LogP) is 1.22. The van der Waals surface area contributed by atoms with Gasteiger partial charge in [-0.15, -0.1) is 0 Å². The fraction of sp³-hybridized carbons (Fsp3) is 0.562.